The fourth-order valence-electron chi connectivity index (χ4n) is 5.54. The highest BCUT2D eigenvalue weighted by molar-refractivity contribution is 7.91. The summed E-state index contributed by atoms with van der Waals surface area (Å²) < 4.78 is 36.2. The van der Waals surface area contributed by atoms with Crippen molar-refractivity contribution in [2.75, 3.05) is 25.6 Å². The average Bonchev–Trinajstić information content (AvgIpc) is 3.57. The van der Waals surface area contributed by atoms with Gasteiger partial charge in [-0.3, -0.25) is 14.8 Å². The van der Waals surface area contributed by atoms with E-state index in [2.05, 4.69) is 16.4 Å². The zero-order valence-corrected chi connectivity index (χ0v) is 21.9. The number of ether oxygens (including phenoxy) is 2. The summed E-state index contributed by atoms with van der Waals surface area (Å²) in [5.74, 6) is 0.0887. The van der Waals surface area contributed by atoms with Gasteiger partial charge in [-0.15, -0.1) is 0 Å². The molecule has 2 fully saturated rings. The highest BCUT2D eigenvalue weighted by atomic mass is 32.2. The van der Waals surface area contributed by atoms with Crippen molar-refractivity contribution in [2.45, 2.75) is 29.9 Å². The van der Waals surface area contributed by atoms with Gasteiger partial charge in [-0.1, -0.05) is 12.1 Å². The number of carbonyl (C=O) groups excluding carboxylic acids is 1. The number of pyridine rings is 3. The van der Waals surface area contributed by atoms with E-state index >= 15 is 0 Å². The number of rotatable bonds is 5. The van der Waals surface area contributed by atoms with Gasteiger partial charge in [-0.05, 0) is 60.4 Å². The molecule has 7 rings (SSSR count). The number of nitrogens with zero attached hydrogens (tertiary/aromatic N) is 3. The first-order valence-electron chi connectivity index (χ1n) is 12.9. The maximum Gasteiger partial charge on any atom is 0.251 e. The predicted molar refractivity (Wildman–Crippen MR) is 143 cm³/mol. The Balaban J connectivity index is 1.10. The summed E-state index contributed by atoms with van der Waals surface area (Å²) in [5.41, 5.74) is 4.96. The molecule has 1 saturated carbocycles. The van der Waals surface area contributed by atoms with Crippen molar-refractivity contribution in [3.63, 3.8) is 0 Å². The Kier molecular flexibility index (Phi) is 5.73. The van der Waals surface area contributed by atoms with Crippen LogP contribution in [0.2, 0.25) is 0 Å². The van der Waals surface area contributed by atoms with Gasteiger partial charge in [0.05, 0.1) is 66.2 Å². The molecule has 1 aliphatic carbocycles. The van der Waals surface area contributed by atoms with Crippen LogP contribution in [-0.2, 0) is 37.9 Å². The Morgan fingerprint density at radius 2 is 1.95 bits per heavy atom. The van der Waals surface area contributed by atoms with E-state index in [4.69, 9.17) is 19.4 Å². The standard InChI is InChI=1S/C29H26N4O5S/c34-28(18-4-5-20-15-37-8-9-39(35,36)26(20)10-18)31-14-22-11-25-19(13-30-22)6-7-24(32-25)23-2-1-3-27(33-23)29-12-21(29)16-38-17-29/h1-7,10-11,13,21H,8-9,12,14-17H2,(H,31,34). The molecule has 5 heterocycles. The number of benzene rings is 1. The van der Waals surface area contributed by atoms with Crippen molar-refractivity contribution in [1.29, 1.82) is 0 Å². The lowest BCUT2D eigenvalue weighted by Crippen LogP contribution is -2.23. The van der Waals surface area contributed by atoms with Crippen molar-refractivity contribution >= 4 is 26.6 Å². The number of fused-ring (bicyclic) bond motifs is 3. The van der Waals surface area contributed by atoms with Crippen molar-refractivity contribution in [1.82, 2.24) is 20.3 Å². The van der Waals surface area contributed by atoms with Gasteiger partial charge in [0, 0.05) is 28.3 Å². The minimum atomic E-state index is -3.50. The normalized spacial score (nSPS) is 23.0. The zero-order chi connectivity index (χ0) is 26.6. The van der Waals surface area contributed by atoms with Crippen LogP contribution < -0.4 is 5.32 Å². The number of hydrogen-bond donors (Lipinski definition) is 1. The monoisotopic (exact) mass is 542 g/mol. The van der Waals surface area contributed by atoms with Crippen LogP contribution >= 0.6 is 0 Å². The van der Waals surface area contributed by atoms with Crippen molar-refractivity contribution in [3.05, 3.63) is 83.3 Å². The lowest BCUT2D eigenvalue weighted by Gasteiger charge is -2.12. The molecule has 4 aromatic rings. The molecule has 2 atom stereocenters. The Morgan fingerprint density at radius 1 is 1.05 bits per heavy atom. The summed E-state index contributed by atoms with van der Waals surface area (Å²) in [7, 11) is -3.50. The number of amides is 1. The van der Waals surface area contributed by atoms with Crippen molar-refractivity contribution < 1.29 is 22.7 Å². The molecule has 0 radical (unpaired) electrons. The van der Waals surface area contributed by atoms with E-state index in [1.807, 2.05) is 30.3 Å². The quantitative estimate of drug-likeness (QED) is 0.408. The number of carbonyl (C=O) groups is 1. The highest BCUT2D eigenvalue weighted by Crippen LogP contribution is 2.57. The first kappa shape index (κ1) is 24.3. The summed E-state index contributed by atoms with van der Waals surface area (Å²) in [5, 5.41) is 3.73. The largest absolute Gasteiger partial charge is 0.380 e. The van der Waals surface area contributed by atoms with Gasteiger partial charge in [0.25, 0.3) is 5.91 Å². The molecular formula is C29H26N4O5S. The first-order valence-corrected chi connectivity index (χ1v) is 14.6. The van der Waals surface area contributed by atoms with E-state index in [1.54, 1.807) is 18.3 Å². The minimum Gasteiger partial charge on any atom is -0.380 e. The summed E-state index contributed by atoms with van der Waals surface area (Å²) in [6, 6.07) is 16.5. The molecule has 1 aromatic carbocycles. The molecule has 2 aliphatic heterocycles. The maximum absolute atomic E-state index is 12.9. The molecule has 0 spiro atoms. The van der Waals surface area contributed by atoms with Crippen molar-refractivity contribution in [3.8, 4) is 11.4 Å². The van der Waals surface area contributed by atoms with Crippen LogP contribution in [0.15, 0.2) is 65.7 Å². The Hall–Kier alpha value is -3.73. The molecular weight excluding hydrogens is 516 g/mol. The second kappa shape index (κ2) is 9.18. The summed E-state index contributed by atoms with van der Waals surface area (Å²) in [6.45, 7) is 2.07. The van der Waals surface area contributed by atoms with Gasteiger partial charge in [0.2, 0.25) is 0 Å². The van der Waals surface area contributed by atoms with E-state index in [0.717, 1.165) is 47.6 Å². The van der Waals surface area contributed by atoms with E-state index in [0.29, 0.717) is 17.2 Å². The van der Waals surface area contributed by atoms with Gasteiger partial charge in [-0.2, -0.15) is 0 Å². The van der Waals surface area contributed by atoms with Gasteiger partial charge in [0.15, 0.2) is 9.84 Å². The third-order valence-electron chi connectivity index (χ3n) is 7.91. The minimum absolute atomic E-state index is 0.0669. The summed E-state index contributed by atoms with van der Waals surface area (Å²) in [6.07, 6.45) is 2.86. The Bertz CT molecular complexity index is 1740. The van der Waals surface area contributed by atoms with E-state index in [9.17, 15) is 13.2 Å². The molecule has 0 bridgehead atoms. The molecule has 9 nitrogen and oxygen atoms in total. The number of sulfone groups is 1. The maximum atomic E-state index is 12.9. The third-order valence-corrected chi connectivity index (χ3v) is 9.67. The van der Waals surface area contributed by atoms with Crippen LogP contribution in [0.3, 0.4) is 0 Å². The third kappa shape index (κ3) is 4.38. The van der Waals surface area contributed by atoms with E-state index in [1.165, 1.54) is 6.07 Å². The van der Waals surface area contributed by atoms with Crippen molar-refractivity contribution in [2.24, 2.45) is 5.92 Å². The molecule has 1 saturated heterocycles. The molecule has 3 aromatic heterocycles. The first-order chi connectivity index (χ1) is 18.9. The number of nitrogens with one attached hydrogen (secondary N) is 1. The van der Waals surface area contributed by atoms with Crippen LogP contribution in [0.5, 0.6) is 0 Å². The number of aromatic nitrogens is 3. The Labute approximate surface area is 225 Å². The average molecular weight is 543 g/mol. The molecule has 198 valence electrons. The van der Waals surface area contributed by atoms with Crippen LogP contribution in [0.1, 0.15) is 33.7 Å². The number of hydrogen-bond acceptors (Lipinski definition) is 8. The molecule has 1 amide bonds. The summed E-state index contributed by atoms with van der Waals surface area (Å²) in [4.78, 5) is 27.3. The zero-order valence-electron chi connectivity index (χ0n) is 21.1. The second-order valence-corrected chi connectivity index (χ2v) is 12.5. The van der Waals surface area contributed by atoms with Crippen LogP contribution in [0, 0.1) is 5.92 Å². The van der Waals surface area contributed by atoms with E-state index < -0.39 is 9.84 Å². The molecule has 3 aliphatic rings. The van der Waals surface area contributed by atoms with Gasteiger partial charge < -0.3 is 14.8 Å². The van der Waals surface area contributed by atoms with E-state index in [-0.39, 0.29) is 47.3 Å². The SMILES string of the molecule is O=C(NCc1cc2nc(-c3cccc(C45COCC4C5)n3)ccc2cn1)c1ccc2c(c1)S(=O)(=O)CCOC2. The lowest BCUT2D eigenvalue weighted by molar-refractivity contribution is 0.0950. The highest BCUT2D eigenvalue weighted by Gasteiger charge is 2.60. The molecule has 39 heavy (non-hydrogen) atoms. The molecule has 10 heteroatoms. The van der Waals surface area contributed by atoms with Gasteiger partial charge in [0.1, 0.15) is 0 Å². The smallest absolute Gasteiger partial charge is 0.251 e. The summed E-state index contributed by atoms with van der Waals surface area (Å²) >= 11 is 0. The fourth-order valence-corrected chi connectivity index (χ4v) is 6.93. The van der Waals surface area contributed by atoms with Gasteiger partial charge >= 0.3 is 0 Å². The fraction of sp³-hybridized carbons (Fsp3) is 0.310. The molecule has 2 unspecified atom stereocenters. The van der Waals surface area contributed by atoms with Crippen LogP contribution in [0.4, 0.5) is 0 Å². The van der Waals surface area contributed by atoms with Crippen LogP contribution in [0.25, 0.3) is 22.3 Å². The molecule has 1 N–H and O–H groups in total. The predicted octanol–water partition coefficient (Wildman–Crippen LogP) is 3.21. The van der Waals surface area contributed by atoms with Crippen LogP contribution in [-0.4, -0.2) is 54.9 Å². The van der Waals surface area contributed by atoms with Gasteiger partial charge in [-0.25, -0.2) is 13.4 Å². The Morgan fingerprint density at radius 3 is 2.79 bits per heavy atom. The topological polar surface area (TPSA) is 120 Å². The second-order valence-electron chi connectivity index (χ2n) is 10.4. The lowest BCUT2D eigenvalue weighted by atomic mass is 10.0.